The van der Waals surface area contributed by atoms with Gasteiger partial charge in [-0.3, -0.25) is 4.79 Å². The first-order chi connectivity index (χ1) is 9.59. The summed E-state index contributed by atoms with van der Waals surface area (Å²) < 4.78 is 0.855. The summed E-state index contributed by atoms with van der Waals surface area (Å²) in [6, 6.07) is 11.5. The lowest BCUT2D eigenvalue weighted by molar-refractivity contribution is 0.0988. The third-order valence-electron chi connectivity index (χ3n) is 3.69. The molecule has 0 bridgehead atoms. The van der Waals surface area contributed by atoms with Crippen molar-refractivity contribution < 1.29 is 4.79 Å². The lowest BCUT2D eigenvalue weighted by Gasteiger charge is -2.20. The van der Waals surface area contributed by atoms with Crippen LogP contribution in [-0.4, -0.2) is 12.5 Å². The second kappa shape index (κ2) is 4.94. The summed E-state index contributed by atoms with van der Waals surface area (Å²) in [5.41, 5.74) is 10.4. The molecule has 1 aliphatic heterocycles. The van der Waals surface area contributed by atoms with Gasteiger partial charge in [0.1, 0.15) is 0 Å². The number of carbonyl (C=O) groups excluding carboxylic acids is 1. The molecule has 0 spiro atoms. The molecule has 0 unspecified atom stereocenters. The molecule has 2 aromatic rings. The number of fused-ring (bicyclic) bond motifs is 1. The maximum atomic E-state index is 12.8. The number of nitrogen functional groups attached to an aromatic ring is 1. The van der Waals surface area contributed by atoms with E-state index in [1.165, 1.54) is 0 Å². The van der Waals surface area contributed by atoms with Gasteiger partial charge in [-0.05, 0) is 52.5 Å². The van der Waals surface area contributed by atoms with Crippen LogP contribution in [0.25, 0.3) is 0 Å². The van der Waals surface area contributed by atoms with E-state index >= 15 is 0 Å². The number of nitrogens with two attached hydrogens (primary N) is 1. The average Bonchev–Trinajstić information content (AvgIpc) is 2.86. The summed E-state index contributed by atoms with van der Waals surface area (Å²) in [5.74, 6) is -0.00257. The van der Waals surface area contributed by atoms with Gasteiger partial charge in [-0.1, -0.05) is 24.3 Å². The van der Waals surface area contributed by atoms with E-state index in [4.69, 9.17) is 5.73 Å². The number of rotatable bonds is 1. The van der Waals surface area contributed by atoms with Crippen LogP contribution in [0, 0.1) is 6.92 Å². The highest BCUT2D eigenvalue weighted by Gasteiger charge is 2.28. The van der Waals surface area contributed by atoms with Crippen LogP contribution in [0.1, 0.15) is 21.5 Å². The minimum atomic E-state index is -0.00257. The Morgan fingerprint density at radius 2 is 2.00 bits per heavy atom. The lowest BCUT2D eigenvalue weighted by Crippen LogP contribution is -2.29. The van der Waals surface area contributed by atoms with Gasteiger partial charge >= 0.3 is 0 Å². The summed E-state index contributed by atoms with van der Waals surface area (Å²) >= 11 is 3.51. The van der Waals surface area contributed by atoms with Crippen molar-refractivity contribution in [3.8, 4) is 0 Å². The Morgan fingerprint density at radius 3 is 2.80 bits per heavy atom. The zero-order valence-corrected chi connectivity index (χ0v) is 12.8. The van der Waals surface area contributed by atoms with Gasteiger partial charge in [-0.25, -0.2) is 0 Å². The molecule has 1 aliphatic rings. The quantitative estimate of drug-likeness (QED) is 0.813. The van der Waals surface area contributed by atoms with Crippen molar-refractivity contribution in [3.63, 3.8) is 0 Å². The molecule has 4 heteroatoms. The molecule has 2 aromatic carbocycles. The molecule has 20 heavy (non-hydrogen) atoms. The molecule has 0 saturated heterocycles. The van der Waals surface area contributed by atoms with E-state index in [-0.39, 0.29) is 5.91 Å². The third-order valence-corrected chi connectivity index (χ3v) is 4.75. The first-order valence-corrected chi connectivity index (χ1v) is 7.33. The molecule has 0 fully saturated rings. The number of aryl methyl sites for hydroxylation is 1. The highest BCUT2D eigenvalue weighted by Crippen LogP contribution is 2.35. The molecule has 0 saturated carbocycles. The lowest BCUT2D eigenvalue weighted by atomic mass is 10.1. The molecule has 0 aliphatic carbocycles. The maximum Gasteiger partial charge on any atom is 0.259 e. The molecular weight excluding hydrogens is 316 g/mol. The number of hydrogen-bond acceptors (Lipinski definition) is 2. The second-order valence-electron chi connectivity index (χ2n) is 5.00. The predicted octanol–water partition coefficient (Wildman–Crippen LogP) is 3.54. The van der Waals surface area contributed by atoms with Gasteiger partial charge in [0, 0.05) is 11.0 Å². The van der Waals surface area contributed by atoms with Crippen molar-refractivity contribution in [1.29, 1.82) is 0 Å². The summed E-state index contributed by atoms with van der Waals surface area (Å²) in [7, 11) is 0. The van der Waals surface area contributed by atoms with Gasteiger partial charge in [0.15, 0.2) is 0 Å². The Morgan fingerprint density at radius 1 is 1.25 bits per heavy atom. The molecule has 102 valence electrons. The fraction of sp³-hybridized carbons (Fsp3) is 0.188. The predicted molar refractivity (Wildman–Crippen MR) is 85.1 cm³/mol. The minimum Gasteiger partial charge on any atom is -0.397 e. The zero-order chi connectivity index (χ0) is 14.3. The minimum absolute atomic E-state index is 0.00257. The van der Waals surface area contributed by atoms with Gasteiger partial charge in [0.05, 0.1) is 16.9 Å². The van der Waals surface area contributed by atoms with E-state index in [0.29, 0.717) is 17.8 Å². The Labute approximate surface area is 126 Å². The van der Waals surface area contributed by atoms with Crippen LogP contribution in [-0.2, 0) is 6.42 Å². The Hall–Kier alpha value is -1.81. The highest BCUT2D eigenvalue weighted by molar-refractivity contribution is 9.10. The van der Waals surface area contributed by atoms with Crippen molar-refractivity contribution >= 4 is 33.2 Å². The van der Waals surface area contributed by atoms with Gasteiger partial charge in [-0.15, -0.1) is 0 Å². The molecule has 0 aromatic heterocycles. The first kappa shape index (κ1) is 13.2. The topological polar surface area (TPSA) is 46.3 Å². The molecule has 3 rings (SSSR count). The normalized spacial score (nSPS) is 13.4. The van der Waals surface area contributed by atoms with Crippen LogP contribution in [0.5, 0.6) is 0 Å². The fourth-order valence-electron chi connectivity index (χ4n) is 2.65. The third kappa shape index (κ3) is 2.00. The van der Waals surface area contributed by atoms with Crippen molar-refractivity contribution in [1.82, 2.24) is 0 Å². The number of amides is 1. The smallest absolute Gasteiger partial charge is 0.259 e. The molecule has 0 atom stereocenters. The van der Waals surface area contributed by atoms with Gasteiger partial charge in [-0.2, -0.15) is 0 Å². The zero-order valence-electron chi connectivity index (χ0n) is 11.2. The van der Waals surface area contributed by atoms with Crippen LogP contribution in [0.3, 0.4) is 0 Å². The Balaban J connectivity index is 2.04. The van der Waals surface area contributed by atoms with Crippen LogP contribution < -0.4 is 10.6 Å². The number of carbonyl (C=O) groups is 1. The van der Waals surface area contributed by atoms with Crippen molar-refractivity contribution in [2.45, 2.75) is 13.3 Å². The van der Waals surface area contributed by atoms with Crippen LogP contribution in [0.15, 0.2) is 40.9 Å². The number of benzene rings is 2. The molecule has 2 N–H and O–H groups in total. The van der Waals surface area contributed by atoms with Crippen LogP contribution in [0.2, 0.25) is 0 Å². The van der Waals surface area contributed by atoms with E-state index in [1.54, 1.807) is 4.90 Å². The van der Waals surface area contributed by atoms with E-state index in [9.17, 15) is 4.79 Å². The van der Waals surface area contributed by atoms with Gasteiger partial charge < -0.3 is 10.6 Å². The number of nitrogens with zero attached hydrogens (tertiary/aromatic N) is 1. The average molecular weight is 331 g/mol. The van der Waals surface area contributed by atoms with Gasteiger partial charge in [0.25, 0.3) is 5.91 Å². The van der Waals surface area contributed by atoms with Crippen molar-refractivity contribution in [2.24, 2.45) is 0 Å². The van der Waals surface area contributed by atoms with E-state index in [2.05, 4.69) is 15.9 Å². The Bertz CT molecular complexity index is 697. The maximum absolute atomic E-state index is 12.8. The van der Waals surface area contributed by atoms with E-state index in [0.717, 1.165) is 27.7 Å². The van der Waals surface area contributed by atoms with Crippen LogP contribution >= 0.6 is 15.9 Å². The second-order valence-corrected chi connectivity index (χ2v) is 5.79. The summed E-state index contributed by atoms with van der Waals surface area (Å²) in [5, 5.41) is 0. The molecule has 3 nitrogen and oxygen atoms in total. The summed E-state index contributed by atoms with van der Waals surface area (Å²) in [6.07, 6.45) is 0.857. The molecular formula is C16H15BrN2O. The number of halogens is 1. The molecule has 0 radical (unpaired) electrons. The SMILES string of the molecule is Cc1cccc(C(=O)N2CCc3cccc(N)c32)c1Br. The summed E-state index contributed by atoms with van der Waals surface area (Å²) in [6.45, 7) is 2.66. The van der Waals surface area contributed by atoms with E-state index in [1.807, 2.05) is 43.3 Å². The monoisotopic (exact) mass is 330 g/mol. The summed E-state index contributed by atoms with van der Waals surface area (Å²) in [4.78, 5) is 14.6. The number of hydrogen-bond donors (Lipinski definition) is 1. The van der Waals surface area contributed by atoms with Crippen molar-refractivity contribution in [3.05, 3.63) is 57.6 Å². The van der Waals surface area contributed by atoms with Crippen molar-refractivity contribution in [2.75, 3.05) is 17.2 Å². The number of anilines is 2. The van der Waals surface area contributed by atoms with Crippen LogP contribution in [0.4, 0.5) is 11.4 Å². The number of para-hydroxylation sites is 1. The molecule has 1 amide bonds. The molecule has 1 heterocycles. The highest BCUT2D eigenvalue weighted by atomic mass is 79.9. The standard InChI is InChI=1S/C16H15BrN2O/c1-10-4-2-6-12(14(10)17)16(20)19-9-8-11-5-3-7-13(18)15(11)19/h2-7H,8-9,18H2,1H3. The fourth-order valence-corrected chi connectivity index (χ4v) is 3.08. The Kier molecular flexibility index (Phi) is 3.26. The van der Waals surface area contributed by atoms with E-state index < -0.39 is 0 Å². The first-order valence-electron chi connectivity index (χ1n) is 6.54. The largest absolute Gasteiger partial charge is 0.397 e. The van der Waals surface area contributed by atoms with Gasteiger partial charge in [0.2, 0.25) is 0 Å².